The predicted octanol–water partition coefficient (Wildman–Crippen LogP) is 0.971. The minimum absolute atomic E-state index is 0.0393. The molecule has 10 heteroatoms. The van der Waals surface area contributed by atoms with Gasteiger partial charge in [-0.25, -0.2) is 13.1 Å². The number of likely N-dealkylation sites (N-methyl/N-ethyl adjacent to an activating group) is 1. The summed E-state index contributed by atoms with van der Waals surface area (Å²) in [7, 11) is -4.07. The Morgan fingerprint density at radius 1 is 1.43 bits per heavy atom. The zero-order valence-electron chi connectivity index (χ0n) is 11.3. The molecular weight excluding hydrogens is 322 g/mol. The average Bonchev–Trinajstić information content (AvgIpc) is 2.39. The van der Waals surface area contributed by atoms with Crippen molar-refractivity contribution in [1.29, 1.82) is 0 Å². The maximum atomic E-state index is 12.0. The largest absolute Gasteiger partial charge is 0.355 e. The summed E-state index contributed by atoms with van der Waals surface area (Å²) < 4.78 is 26.1. The van der Waals surface area contributed by atoms with Crippen LogP contribution < -0.4 is 10.0 Å². The van der Waals surface area contributed by atoms with Gasteiger partial charge in [-0.15, -0.1) is 0 Å². The van der Waals surface area contributed by atoms with Crippen LogP contribution in [0.3, 0.4) is 0 Å². The Morgan fingerprint density at radius 3 is 2.57 bits per heavy atom. The molecule has 0 fully saturated rings. The van der Waals surface area contributed by atoms with E-state index in [0.717, 1.165) is 12.1 Å². The van der Waals surface area contributed by atoms with Crippen molar-refractivity contribution in [3.05, 3.63) is 32.8 Å². The summed E-state index contributed by atoms with van der Waals surface area (Å²) in [6.45, 7) is 3.01. The summed E-state index contributed by atoms with van der Waals surface area (Å²) in [6, 6.07) is 2.01. The molecule has 1 aromatic rings. The van der Waals surface area contributed by atoms with Gasteiger partial charge in [0.2, 0.25) is 15.9 Å². The Kier molecular flexibility index (Phi) is 5.64. The van der Waals surface area contributed by atoms with Gasteiger partial charge in [0.1, 0.15) is 0 Å². The molecule has 0 aromatic heterocycles. The van der Waals surface area contributed by atoms with Gasteiger partial charge in [-0.2, -0.15) is 0 Å². The van der Waals surface area contributed by atoms with Gasteiger partial charge in [-0.3, -0.25) is 14.9 Å². The maximum Gasteiger partial charge on any atom is 0.275 e. The lowest BCUT2D eigenvalue weighted by molar-refractivity contribution is -0.385. The van der Waals surface area contributed by atoms with Gasteiger partial charge >= 0.3 is 0 Å². The third-order valence-electron chi connectivity index (χ3n) is 2.59. The number of nitrogens with one attached hydrogen (secondary N) is 2. The highest BCUT2D eigenvalue weighted by Crippen LogP contribution is 2.29. The lowest BCUT2D eigenvalue weighted by Crippen LogP contribution is -2.36. The molecular formula is C11H14ClN3O5S. The van der Waals surface area contributed by atoms with E-state index in [1.54, 1.807) is 6.92 Å². The van der Waals surface area contributed by atoms with Gasteiger partial charge in [0.15, 0.2) is 0 Å². The summed E-state index contributed by atoms with van der Waals surface area (Å²) in [5, 5.41) is 13.3. The van der Waals surface area contributed by atoms with Crippen molar-refractivity contribution in [2.45, 2.75) is 18.7 Å². The molecule has 0 atom stereocenters. The summed E-state index contributed by atoms with van der Waals surface area (Å²) in [6.07, 6.45) is 0. The van der Waals surface area contributed by atoms with Crippen molar-refractivity contribution in [3.8, 4) is 0 Å². The highest BCUT2D eigenvalue weighted by atomic mass is 35.5. The van der Waals surface area contributed by atoms with Crippen LogP contribution in [0.5, 0.6) is 0 Å². The number of nitrogens with zero attached hydrogens (tertiary/aromatic N) is 1. The van der Waals surface area contributed by atoms with Crippen LogP contribution in [0.4, 0.5) is 5.69 Å². The molecule has 0 radical (unpaired) electrons. The first-order valence-electron chi connectivity index (χ1n) is 5.90. The van der Waals surface area contributed by atoms with Crippen LogP contribution in [0.2, 0.25) is 5.02 Å². The molecule has 0 aliphatic carbocycles. The van der Waals surface area contributed by atoms with E-state index in [1.165, 1.54) is 6.92 Å². The number of carbonyl (C=O) groups excluding carboxylic acids is 1. The third-order valence-corrected chi connectivity index (χ3v) is 4.37. The highest BCUT2D eigenvalue weighted by Gasteiger charge is 2.22. The second kappa shape index (κ2) is 6.83. The first-order chi connectivity index (χ1) is 9.69. The quantitative estimate of drug-likeness (QED) is 0.593. The number of carbonyl (C=O) groups is 1. The Hall–Kier alpha value is -1.71. The molecule has 1 aromatic carbocycles. The van der Waals surface area contributed by atoms with Crippen LogP contribution in [-0.2, 0) is 14.8 Å². The lowest BCUT2D eigenvalue weighted by atomic mass is 10.2. The SMILES string of the molecule is CCNC(=O)CNS(=O)(=O)c1cc(Cl)c(C)c([N+](=O)[O-])c1. The summed E-state index contributed by atoms with van der Waals surface area (Å²) in [5.41, 5.74) is -0.231. The fourth-order valence-electron chi connectivity index (χ4n) is 1.49. The monoisotopic (exact) mass is 335 g/mol. The molecule has 0 unspecified atom stereocenters. The van der Waals surface area contributed by atoms with Crippen LogP contribution in [0.15, 0.2) is 17.0 Å². The summed E-state index contributed by atoms with van der Waals surface area (Å²) in [5.74, 6) is -0.506. The van der Waals surface area contributed by atoms with E-state index in [-0.39, 0.29) is 15.5 Å². The molecule has 0 bridgehead atoms. The standard InChI is InChI=1S/C11H14ClN3O5S/c1-3-13-11(16)6-14-21(19,20)8-4-9(12)7(2)10(5-8)15(17)18/h4-5,14H,3,6H2,1-2H3,(H,13,16). The van der Waals surface area contributed by atoms with Crippen molar-refractivity contribution in [3.63, 3.8) is 0 Å². The minimum Gasteiger partial charge on any atom is -0.355 e. The second-order valence-electron chi connectivity index (χ2n) is 4.08. The number of benzene rings is 1. The number of amides is 1. The van der Waals surface area contributed by atoms with E-state index in [4.69, 9.17) is 11.6 Å². The molecule has 0 aliphatic heterocycles. The summed E-state index contributed by atoms with van der Waals surface area (Å²) >= 11 is 5.81. The van der Waals surface area contributed by atoms with Crippen molar-refractivity contribution in [2.24, 2.45) is 0 Å². The molecule has 21 heavy (non-hydrogen) atoms. The third kappa shape index (κ3) is 4.38. The van der Waals surface area contributed by atoms with E-state index in [1.807, 2.05) is 0 Å². The molecule has 0 saturated carbocycles. The first-order valence-corrected chi connectivity index (χ1v) is 7.76. The zero-order valence-corrected chi connectivity index (χ0v) is 12.9. The predicted molar refractivity (Wildman–Crippen MR) is 76.7 cm³/mol. The number of rotatable bonds is 6. The Labute approximate surface area is 126 Å². The fraction of sp³-hybridized carbons (Fsp3) is 0.364. The second-order valence-corrected chi connectivity index (χ2v) is 6.26. The van der Waals surface area contributed by atoms with Crippen molar-refractivity contribution >= 4 is 33.2 Å². The summed E-state index contributed by atoms with van der Waals surface area (Å²) in [4.78, 5) is 21.0. The van der Waals surface area contributed by atoms with Crippen LogP contribution in [0, 0.1) is 17.0 Å². The van der Waals surface area contributed by atoms with Gasteiger partial charge in [0, 0.05) is 18.2 Å². The van der Waals surface area contributed by atoms with Gasteiger partial charge in [-0.1, -0.05) is 11.6 Å². The normalized spacial score (nSPS) is 11.2. The van der Waals surface area contributed by atoms with E-state index in [0.29, 0.717) is 6.54 Å². The first kappa shape index (κ1) is 17.3. The number of hydrogen-bond acceptors (Lipinski definition) is 5. The molecule has 1 rings (SSSR count). The van der Waals surface area contributed by atoms with Crippen LogP contribution in [0.25, 0.3) is 0 Å². The Bertz CT molecular complexity index is 675. The van der Waals surface area contributed by atoms with E-state index in [2.05, 4.69) is 10.0 Å². The Morgan fingerprint density at radius 2 is 2.05 bits per heavy atom. The molecule has 0 spiro atoms. The number of hydrogen-bond donors (Lipinski definition) is 2. The van der Waals surface area contributed by atoms with Gasteiger partial charge < -0.3 is 5.32 Å². The molecule has 2 N–H and O–H groups in total. The van der Waals surface area contributed by atoms with E-state index < -0.39 is 33.1 Å². The average molecular weight is 336 g/mol. The topological polar surface area (TPSA) is 118 Å². The molecule has 116 valence electrons. The molecule has 0 heterocycles. The van der Waals surface area contributed by atoms with Crippen LogP contribution in [-0.4, -0.2) is 32.3 Å². The molecule has 0 aliphatic rings. The van der Waals surface area contributed by atoms with Crippen LogP contribution in [0.1, 0.15) is 12.5 Å². The van der Waals surface area contributed by atoms with Gasteiger partial charge in [0.25, 0.3) is 5.69 Å². The van der Waals surface area contributed by atoms with Crippen molar-refractivity contribution < 1.29 is 18.1 Å². The molecule has 1 amide bonds. The lowest BCUT2D eigenvalue weighted by Gasteiger charge is -2.08. The minimum atomic E-state index is -4.07. The fourth-order valence-corrected chi connectivity index (χ4v) is 2.80. The highest BCUT2D eigenvalue weighted by molar-refractivity contribution is 7.89. The smallest absolute Gasteiger partial charge is 0.275 e. The van der Waals surface area contributed by atoms with Crippen LogP contribution >= 0.6 is 11.6 Å². The number of sulfonamides is 1. The van der Waals surface area contributed by atoms with Gasteiger partial charge in [0.05, 0.1) is 21.4 Å². The number of nitro groups is 1. The Balaban J connectivity index is 3.09. The van der Waals surface area contributed by atoms with Crippen molar-refractivity contribution in [1.82, 2.24) is 10.0 Å². The molecule has 8 nitrogen and oxygen atoms in total. The molecule has 0 saturated heterocycles. The zero-order chi connectivity index (χ0) is 16.2. The van der Waals surface area contributed by atoms with Gasteiger partial charge in [-0.05, 0) is 19.9 Å². The number of nitro benzene ring substituents is 1. The van der Waals surface area contributed by atoms with Crippen molar-refractivity contribution in [2.75, 3.05) is 13.1 Å². The number of halogens is 1. The maximum absolute atomic E-state index is 12.0. The van der Waals surface area contributed by atoms with E-state index >= 15 is 0 Å². The van der Waals surface area contributed by atoms with E-state index in [9.17, 15) is 23.3 Å².